The highest BCUT2D eigenvalue weighted by molar-refractivity contribution is 9.10. The van der Waals surface area contributed by atoms with Gasteiger partial charge in [-0.05, 0) is 34.7 Å². The van der Waals surface area contributed by atoms with Gasteiger partial charge in [-0.25, -0.2) is 4.68 Å². The molecular weight excluding hydrogens is 308 g/mol. The van der Waals surface area contributed by atoms with Crippen LogP contribution in [0.4, 0.5) is 5.69 Å². The Bertz CT molecular complexity index is 502. The Morgan fingerprint density at radius 3 is 2.95 bits per heavy atom. The molecule has 5 nitrogen and oxygen atoms in total. The largest absolute Gasteiger partial charge is 0.369 e. The molecule has 0 saturated carbocycles. The van der Waals surface area contributed by atoms with E-state index in [4.69, 9.17) is 5.73 Å². The summed E-state index contributed by atoms with van der Waals surface area (Å²) in [6.07, 6.45) is 3.63. The third-order valence-corrected chi connectivity index (χ3v) is 4.46. The van der Waals surface area contributed by atoms with Crippen molar-refractivity contribution in [1.82, 2.24) is 9.78 Å². The minimum absolute atomic E-state index is 0.0538. The first-order chi connectivity index (χ1) is 9.04. The molecule has 0 bridgehead atoms. The number of piperidine rings is 1. The van der Waals surface area contributed by atoms with Gasteiger partial charge >= 0.3 is 0 Å². The highest BCUT2D eigenvalue weighted by atomic mass is 79.9. The average molecular weight is 329 g/mol. The topological polar surface area (TPSA) is 64.2 Å². The maximum absolute atomic E-state index is 12.2. The fourth-order valence-electron chi connectivity index (χ4n) is 2.43. The summed E-state index contributed by atoms with van der Waals surface area (Å²) >= 11 is 3.43. The Hall–Kier alpha value is -0.880. The highest BCUT2D eigenvalue weighted by Gasteiger charge is 2.25. The molecule has 106 valence electrons. The van der Waals surface area contributed by atoms with Crippen molar-refractivity contribution in [3.05, 3.63) is 21.0 Å². The van der Waals surface area contributed by atoms with Crippen LogP contribution in [-0.4, -0.2) is 28.9 Å². The number of rotatable bonds is 3. The molecule has 2 heterocycles. The second-order valence-electron chi connectivity index (χ2n) is 5.25. The van der Waals surface area contributed by atoms with Gasteiger partial charge in [0.25, 0.3) is 5.56 Å². The summed E-state index contributed by atoms with van der Waals surface area (Å²) in [5.41, 5.74) is 6.86. The molecule has 1 aromatic heterocycles. The zero-order valence-electron chi connectivity index (χ0n) is 11.5. The number of hydrogen-bond acceptors (Lipinski definition) is 4. The third-order valence-electron chi connectivity index (χ3n) is 3.71. The Labute approximate surface area is 121 Å². The van der Waals surface area contributed by atoms with Gasteiger partial charge in [0.15, 0.2) is 0 Å². The van der Waals surface area contributed by atoms with E-state index in [-0.39, 0.29) is 11.6 Å². The fraction of sp³-hybridized carbons (Fsp3) is 0.692. The van der Waals surface area contributed by atoms with E-state index in [0.29, 0.717) is 16.9 Å². The molecule has 2 rings (SSSR count). The van der Waals surface area contributed by atoms with Crippen molar-refractivity contribution in [2.75, 3.05) is 18.0 Å². The van der Waals surface area contributed by atoms with E-state index in [2.05, 4.69) is 32.9 Å². The molecule has 2 atom stereocenters. The lowest BCUT2D eigenvalue weighted by atomic mass is 9.94. The SMILES string of the molecule is CCCn1ncc(N2CCC(N)C(C)C2)c(Br)c1=O. The van der Waals surface area contributed by atoms with Crippen LogP contribution in [0.1, 0.15) is 26.7 Å². The van der Waals surface area contributed by atoms with Crippen LogP contribution in [0.3, 0.4) is 0 Å². The average Bonchev–Trinajstić information content (AvgIpc) is 2.39. The van der Waals surface area contributed by atoms with Crippen LogP contribution in [0.2, 0.25) is 0 Å². The van der Waals surface area contributed by atoms with Crippen molar-refractivity contribution in [2.24, 2.45) is 11.7 Å². The Morgan fingerprint density at radius 2 is 2.32 bits per heavy atom. The number of hydrogen-bond donors (Lipinski definition) is 1. The molecule has 0 aliphatic carbocycles. The van der Waals surface area contributed by atoms with Crippen molar-refractivity contribution >= 4 is 21.6 Å². The molecule has 1 aliphatic heterocycles. The van der Waals surface area contributed by atoms with E-state index in [1.165, 1.54) is 4.68 Å². The van der Waals surface area contributed by atoms with Crippen molar-refractivity contribution in [3.8, 4) is 0 Å². The summed E-state index contributed by atoms with van der Waals surface area (Å²) in [5, 5.41) is 4.25. The van der Waals surface area contributed by atoms with Crippen LogP contribution < -0.4 is 16.2 Å². The van der Waals surface area contributed by atoms with Gasteiger partial charge in [0, 0.05) is 25.7 Å². The molecule has 19 heavy (non-hydrogen) atoms. The number of halogens is 1. The molecule has 1 saturated heterocycles. The number of nitrogens with zero attached hydrogens (tertiary/aromatic N) is 3. The minimum Gasteiger partial charge on any atom is -0.369 e. The quantitative estimate of drug-likeness (QED) is 0.915. The predicted molar refractivity (Wildman–Crippen MR) is 80.5 cm³/mol. The monoisotopic (exact) mass is 328 g/mol. The van der Waals surface area contributed by atoms with E-state index in [1.807, 2.05) is 6.92 Å². The first-order valence-corrected chi connectivity index (χ1v) is 7.60. The van der Waals surface area contributed by atoms with Crippen molar-refractivity contribution in [1.29, 1.82) is 0 Å². The van der Waals surface area contributed by atoms with Crippen LogP contribution in [0.25, 0.3) is 0 Å². The van der Waals surface area contributed by atoms with Gasteiger partial charge in [-0.2, -0.15) is 5.10 Å². The molecule has 1 aromatic rings. The lowest BCUT2D eigenvalue weighted by molar-refractivity contribution is 0.382. The maximum atomic E-state index is 12.2. The molecule has 2 N–H and O–H groups in total. The van der Waals surface area contributed by atoms with Gasteiger partial charge < -0.3 is 10.6 Å². The van der Waals surface area contributed by atoms with Crippen molar-refractivity contribution in [2.45, 2.75) is 39.3 Å². The Balaban J connectivity index is 2.26. The maximum Gasteiger partial charge on any atom is 0.283 e. The summed E-state index contributed by atoms with van der Waals surface area (Å²) in [5.74, 6) is 0.429. The van der Waals surface area contributed by atoms with Gasteiger partial charge in [0.1, 0.15) is 4.47 Å². The molecule has 0 aromatic carbocycles. The van der Waals surface area contributed by atoms with E-state index in [1.54, 1.807) is 6.20 Å². The van der Waals surface area contributed by atoms with Gasteiger partial charge in [-0.1, -0.05) is 13.8 Å². The third kappa shape index (κ3) is 3.00. The number of aromatic nitrogens is 2. The van der Waals surface area contributed by atoms with Gasteiger partial charge in [0.2, 0.25) is 0 Å². The molecule has 1 aliphatic rings. The second kappa shape index (κ2) is 6.05. The van der Waals surface area contributed by atoms with Gasteiger partial charge in [0.05, 0.1) is 11.9 Å². The van der Waals surface area contributed by atoms with E-state index >= 15 is 0 Å². The summed E-state index contributed by atoms with van der Waals surface area (Å²) < 4.78 is 2.12. The molecule has 2 unspecified atom stereocenters. The second-order valence-corrected chi connectivity index (χ2v) is 6.04. The zero-order chi connectivity index (χ0) is 14.0. The molecule has 1 fully saturated rings. The van der Waals surface area contributed by atoms with Gasteiger partial charge in [-0.3, -0.25) is 4.79 Å². The van der Waals surface area contributed by atoms with Crippen LogP contribution in [0, 0.1) is 5.92 Å². The van der Waals surface area contributed by atoms with Crippen molar-refractivity contribution in [3.63, 3.8) is 0 Å². The number of aryl methyl sites for hydroxylation is 1. The fourth-order valence-corrected chi connectivity index (χ4v) is 2.99. The first-order valence-electron chi connectivity index (χ1n) is 6.80. The van der Waals surface area contributed by atoms with Gasteiger partial charge in [-0.15, -0.1) is 0 Å². The summed E-state index contributed by atoms with van der Waals surface area (Å²) in [6, 6.07) is 0.253. The lowest BCUT2D eigenvalue weighted by Gasteiger charge is -2.36. The van der Waals surface area contributed by atoms with Crippen molar-refractivity contribution < 1.29 is 0 Å². The predicted octanol–water partition coefficient (Wildman–Crippen LogP) is 1.59. The smallest absolute Gasteiger partial charge is 0.283 e. The Morgan fingerprint density at radius 1 is 1.58 bits per heavy atom. The zero-order valence-corrected chi connectivity index (χ0v) is 13.1. The highest BCUT2D eigenvalue weighted by Crippen LogP contribution is 2.26. The van der Waals surface area contributed by atoms with Crippen LogP contribution in [0.5, 0.6) is 0 Å². The summed E-state index contributed by atoms with van der Waals surface area (Å²) in [6.45, 7) is 6.58. The Kier molecular flexibility index (Phi) is 4.62. The number of nitrogens with two attached hydrogens (primary N) is 1. The summed E-state index contributed by atoms with van der Waals surface area (Å²) in [4.78, 5) is 14.4. The van der Waals surface area contributed by atoms with Crippen LogP contribution >= 0.6 is 15.9 Å². The molecule has 6 heteroatoms. The lowest BCUT2D eigenvalue weighted by Crippen LogP contribution is -2.46. The molecular formula is C13H21BrN4O. The molecule has 0 amide bonds. The minimum atomic E-state index is -0.0538. The molecule has 0 spiro atoms. The number of anilines is 1. The molecule has 0 radical (unpaired) electrons. The standard InChI is InChI=1S/C13H21BrN4O/c1-3-5-18-13(19)12(14)11(7-16-18)17-6-4-10(15)9(2)8-17/h7,9-10H,3-6,8,15H2,1-2H3. The normalized spacial score (nSPS) is 23.7. The van der Waals surface area contributed by atoms with Crippen LogP contribution in [-0.2, 0) is 6.54 Å². The van der Waals surface area contributed by atoms with Crippen LogP contribution in [0.15, 0.2) is 15.5 Å². The van der Waals surface area contributed by atoms with E-state index in [0.717, 1.165) is 31.6 Å². The van der Waals surface area contributed by atoms with E-state index in [9.17, 15) is 4.79 Å². The van der Waals surface area contributed by atoms with E-state index < -0.39 is 0 Å². The first kappa shape index (κ1) is 14.5. The summed E-state index contributed by atoms with van der Waals surface area (Å²) in [7, 11) is 0.